The molecular formula is C10H9F3O2. The van der Waals surface area contributed by atoms with E-state index in [1.54, 1.807) is 6.92 Å². The van der Waals surface area contributed by atoms with E-state index in [9.17, 15) is 18.0 Å². The Morgan fingerprint density at radius 3 is 2.53 bits per heavy atom. The molecule has 0 saturated carbocycles. The first-order chi connectivity index (χ1) is 6.98. The van der Waals surface area contributed by atoms with Crippen molar-refractivity contribution in [2.24, 2.45) is 0 Å². The fourth-order valence-corrected chi connectivity index (χ4v) is 1.29. The molecule has 0 aliphatic heterocycles. The smallest absolute Gasteiger partial charge is 0.405 e. The summed E-state index contributed by atoms with van der Waals surface area (Å²) in [5.41, 5.74) is 0.490. The minimum Gasteiger partial charge on any atom is -0.405 e. The third-order valence-electron chi connectivity index (χ3n) is 1.88. The van der Waals surface area contributed by atoms with Crippen LogP contribution in [0.2, 0.25) is 0 Å². The number of aldehydes is 1. The van der Waals surface area contributed by atoms with Gasteiger partial charge in [0.2, 0.25) is 0 Å². The molecule has 0 radical (unpaired) electrons. The maximum atomic E-state index is 12.0. The Morgan fingerprint density at radius 2 is 2.07 bits per heavy atom. The Hall–Kier alpha value is -1.52. The van der Waals surface area contributed by atoms with Gasteiger partial charge < -0.3 is 4.74 Å². The molecule has 0 spiro atoms. The normalized spacial score (nSPS) is 11.2. The maximum absolute atomic E-state index is 12.0. The summed E-state index contributed by atoms with van der Waals surface area (Å²) in [5.74, 6) is -0.311. The molecule has 0 aromatic heterocycles. The molecule has 0 atom stereocenters. The van der Waals surface area contributed by atoms with Gasteiger partial charge in [-0.15, -0.1) is 13.2 Å². The summed E-state index contributed by atoms with van der Waals surface area (Å²) >= 11 is 0. The van der Waals surface area contributed by atoms with Crippen molar-refractivity contribution >= 4 is 6.29 Å². The highest BCUT2D eigenvalue weighted by Gasteiger charge is 2.32. The van der Waals surface area contributed by atoms with Crippen LogP contribution < -0.4 is 4.74 Å². The highest BCUT2D eigenvalue weighted by atomic mass is 19.4. The molecule has 82 valence electrons. The Balaban J connectivity index is 3.12. The average molecular weight is 218 g/mol. The van der Waals surface area contributed by atoms with Crippen molar-refractivity contribution in [3.63, 3.8) is 0 Å². The van der Waals surface area contributed by atoms with Crippen molar-refractivity contribution in [1.82, 2.24) is 0 Å². The zero-order valence-corrected chi connectivity index (χ0v) is 7.97. The SMILES string of the molecule is CCc1c(C=O)cccc1OC(F)(F)F. The van der Waals surface area contributed by atoms with Crippen molar-refractivity contribution < 1.29 is 22.7 Å². The van der Waals surface area contributed by atoms with Crippen molar-refractivity contribution in [2.75, 3.05) is 0 Å². The summed E-state index contributed by atoms with van der Waals surface area (Å²) in [6, 6.07) is 4.00. The quantitative estimate of drug-likeness (QED) is 0.729. The van der Waals surface area contributed by atoms with Crippen molar-refractivity contribution in [3.8, 4) is 5.75 Å². The standard InChI is InChI=1S/C10H9F3O2/c1-2-8-7(6-14)4-3-5-9(8)15-10(11,12)13/h3-6H,2H2,1H3. The summed E-state index contributed by atoms with van der Waals surface area (Å²) in [4.78, 5) is 10.6. The van der Waals surface area contributed by atoms with E-state index in [1.165, 1.54) is 18.2 Å². The molecule has 0 aliphatic carbocycles. The van der Waals surface area contributed by atoms with Crippen molar-refractivity contribution in [2.45, 2.75) is 19.7 Å². The highest BCUT2D eigenvalue weighted by molar-refractivity contribution is 5.78. The summed E-state index contributed by atoms with van der Waals surface area (Å²) < 4.78 is 39.8. The molecule has 0 unspecified atom stereocenters. The van der Waals surface area contributed by atoms with Crippen LogP contribution >= 0.6 is 0 Å². The zero-order valence-electron chi connectivity index (χ0n) is 7.97. The van der Waals surface area contributed by atoms with Crippen LogP contribution in [0.3, 0.4) is 0 Å². The van der Waals surface area contributed by atoms with Gasteiger partial charge in [-0.05, 0) is 12.5 Å². The van der Waals surface area contributed by atoms with Gasteiger partial charge in [-0.2, -0.15) is 0 Å². The van der Waals surface area contributed by atoms with E-state index < -0.39 is 6.36 Å². The van der Waals surface area contributed by atoms with Gasteiger partial charge in [0.1, 0.15) is 12.0 Å². The van der Waals surface area contributed by atoms with Gasteiger partial charge in [0.25, 0.3) is 0 Å². The predicted octanol–water partition coefficient (Wildman–Crippen LogP) is 2.96. The van der Waals surface area contributed by atoms with E-state index in [0.29, 0.717) is 12.7 Å². The van der Waals surface area contributed by atoms with E-state index >= 15 is 0 Å². The van der Waals surface area contributed by atoms with Gasteiger partial charge in [0.05, 0.1) is 0 Å². The summed E-state index contributed by atoms with van der Waals surface area (Å²) in [5, 5.41) is 0. The van der Waals surface area contributed by atoms with Gasteiger partial charge in [-0.3, -0.25) is 4.79 Å². The molecule has 2 nitrogen and oxygen atoms in total. The van der Waals surface area contributed by atoms with E-state index in [0.717, 1.165) is 0 Å². The number of alkyl halides is 3. The number of carbonyl (C=O) groups excluding carboxylic acids is 1. The molecule has 0 aliphatic rings. The number of hydrogen-bond donors (Lipinski definition) is 0. The number of carbonyl (C=O) groups is 1. The van der Waals surface area contributed by atoms with E-state index in [-0.39, 0.29) is 16.9 Å². The number of halogens is 3. The average Bonchev–Trinajstić information content (AvgIpc) is 2.15. The molecule has 1 rings (SSSR count). The van der Waals surface area contributed by atoms with E-state index in [2.05, 4.69) is 4.74 Å². The fraction of sp³-hybridized carbons (Fsp3) is 0.300. The first-order valence-corrected chi connectivity index (χ1v) is 4.30. The Morgan fingerprint density at radius 1 is 1.40 bits per heavy atom. The van der Waals surface area contributed by atoms with Crippen LogP contribution in [0.4, 0.5) is 13.2 Å². The predicted molar refractivity (Wildman–Crippen MR) is 47.9 cm³/mol. The fourth-order valence-electron chi connectivity index (χ4n) is 1.29. The molecule has 0 amide bonds. The minimum atomic E-state index is -4.73. The first-order valence-electron chi connectivity index (χ1n) is 4.30. The molecule has 0 fully saturated rings. The lowest BCUT2D eigenvalue weighted by molar-refractivity contribution is -0.274. The zero-order chi connectivity index (χ0) is 11.5. The molecule has 0 saturated heterocycles. The third-order valence-corrected chi connectivity index (χ3v) is 1.88. The Bertz CT molecular complexity index is 358. The molecule has 1 aromatic rings. The second-order valence-electron chi connectivity index (χ2n) is 2.84. The number of hydrogen-bond acceptors (Lipinski definition) is 2. The van der Waals surface area contributed by atoms with Crippen molar-refractivity contribution in [1.29, 1.82) is 0 Å². The largest absolute Gasteiger partial charge is 0.573 e. The molecule has 5 heteroatoms. The molecule has 1 aromatic carbocycles. The van der Waals surface area contributed by atoms with Gasteiger partial charge in [-0.25, -0.2) is 0 Å². The van der Waals surface area contributed by atoms with Gasteiger partial charge in [0, 0.05) is 11.1 Å². The highest BCUT2D eigenvalue weighted by Crippen LogP contribution is 2.28. The van der Waals surface area contributed by atoms with Gasteiger partial charge in [-0.1, -0.05) is 19.1 Å². The Kier molecular flexibility index (Phi) is 3.34. The van der Waals surface area contributed by atoms with Crippen LogP contribution in [-0.4, -0.2) is 12.6 Å². The molecule has 0 heterocycles. The Labute approximate surface area is 84.7 Å². The number of rotatable bonds is 3. The molecule has 0 bridgehead atoms. The minimum absolute atomic E-state index is 0.222. The monoisotopic (exact) mass is 218 g/mol. The molecule has 0 N–H and O–H groups in total. The second kappa shape index (κ2) is 4.33. The number of ether oxygens (including phenoxy) is 1. The van der Waals surface area contributed by atoms with Gasteiger partial charge in [0.15, 0.2) is 0 Å². The van der Waals surface area contributed by atoms with Crippen LogP contribution in [0.1, 0.15) is 22.8 Å². The molecular weight excluding hydrogens is 209 g/mol. The summed E-state index contributed by atoms with van der Waals surface area (Å²) in [7, 11) is 0. The maximum Gasteiger partial charge on any atom is 0.573 e. The second-order valence-corrected chi connectivity index (χ2v) is 2.84. The van der Waals surface area contributed by atoms with Crippen LogP contribution in [-0.2, 0) is 6.42 Å². The lowest BCUT2D eigenvalue weighted by Gasteiger charge is -2.13. The molecule has 15 heavy (non-hydrogen) atoms. The third kappa shape index (κ3) is 2.97. The summed E-state index contributed by atoms with van der Waals surface area (Å²) in [6.45, 7) is 1.66. The van der Waals surface area contributed by atoms with E-state index in [1.807, 2.05) is 0 Å². The van der Waals surface area contributed by atoms with Crippen LogP contribution in [0.15, 0.2) is 18.2 Å². The summed E-state index contributed by atoms with van der Waals surface area (Å²) in [6.07, 6.45) is -3.91. The van der Waals surface area contributed by atoms with Gasteiger partial charge >= 0.3 is 6.36 Å². The van der Waals surface area contributed by atoms with E-state index in [4.69, 9.17) is 0 Å². The lowest BCUT2D eigenvalue weighted by atomic mass is 10.1. The lowest BCUT2D eigenvalue weighted by Crippen LogP contribution is -2.18. The van der Waals surface area contributed by atoms with Crippen molar-refractivity contribution in [3.05, 3.63) is 29.3 Å². The van der Waals surface area contributed by atoms with Crippen LogP contribution in [0.5, 0.6) is 5.75 Å². The first kappa shape index (κ1) is 11.6. The topological polar surface area (TPSA) is 26.3 Å². The number of benzene rings is 1. The van der Waals surface area contributed by atoms with Crippen LogP contribution in [0, 0.1) is 0 Å². The van der Waals surface area contributed by atoms with Crippen LogP contribution in [0.25, 0.3) is 0 Å².